The second-order valence-corrected chi connectivity index (χ2v) is 7.27. The summed E-state index contributed by atoms with van der Waals surface area (Å²) in [5.41, 5.74) is 0.207. The molecule has 0 aliphatic rings. The van der Waals surface area contributed by atoms with E-state index in [2.05, 4.69) is 9.71 Å². The molecule has 2 aromatic heterocycles. The van der Waals surface area contributed by atoms with Crippen molar-refractivity contribution < 1.29 is 13.5 Å². The minimum Gasteiger partial charge on any atom is -0.506 e. The standard InChI is InChI=1S/C11H7Cl2N3O3S2/c12-7-5-6(1-2-8(7)17)15-21(18,19)10-9(13)14-11-16(10)3-4-20-11/h1-5,15,17H. The van der Waals surface area contributed by atoms with Crippen molar-refractivity contribution in [3.8, 4) is 5.75 Å². The molecule has 0 unspecified atom stereocenters. The molecule has 2 heterocycles. The van der Waals surface area contributed by atoms with Gasteiger partial charge in [0.05, 0.1) is 10.7 Å². The van der Waals surface area contributed by atoms with E-state index >= 15 is 0 Å². The quantitative estimate of drug-likeness (QED) is 0.699. The van der Waals surface area contributed by atoms with Crippen molar-refractivity contribution in [2.75, 3.05) is 4.72 Å². The fourth-order valence-corrected chi connectivity index (χ4v) is 4.44. The molecule has 0 amide bonds. The minimum atomic E-state index is -3.94. The Hall–Kier alpha value is -1.48. The smallest absolute Gasteiger partial charge is 0.281 e. The zero-order valence-electron chi connectivity index (χ0n) is 10.1. The Morgan fingerprint density at radius 1 is 1.33 bits per heavy atom. The van der Waals surface area contributed by atoms with E-state index in [1.165, 1.54) is 33.9 Å². The minimum absolute atomic E-state index is 0.0373. The molecule has 0 saturated heterocycles. The fourth-order valence-electron chi connectivity index (χ4n) is 1.75. The average Bonchev–Trinajstić information content (AvgIpc) is 2.92. The molecule has 0 fully saturated rings. The van der Waals surface area contributed by atoms with Gasteiger partial charge in [-0.25, -0.2) is 4.98 Å². The lowest BCUT2D eigenvalue weighted by Crippen LogP contribution is -2.15. The van der Waals surface area contributed by atoms with Gasteiger partial charge in [-0.3, -0.25) is 9.12 Å². The monoisotopic (exact) mass is 363 g/mol. The molecule has 0 saturated carbocycles. The van der Waals surface area contributed by atoms with Crippen LogP contribution < -0.4 is 4.72 Å². The second kappa shape index (κ2) is 5.06. The van der Waals surface area contributed by atoms with Crippen LogP contribution in [-0.4, -0.2) is 22.9 Å². The van der Waals surface area contributed by atoms with Crippen molar-refractivity contribution >= 4 is 55.2 Å². The van der Waals surface area contributed by atoms with Crippen molar-refractivity contribution in [3.05, 3.63) is 40.0 Å². The second-order valence-electron chi connectivity index (χ2n) is 4.04. The summed E-state index contributed by atoms with van der Waals surface area (Å²) in [6.45, 7) is 0. The summed E-state index contributed by atoms with van der Waals surface area (Å²) < 4.78 is 28.6. The molecule has 10 heteroatoms. The van der Waals surface area contributed by atoms with E-state index < -0.39 is 10.0 Å². The van der Waals surface area contributed by atoms with Crippen molar-refractivity contribution in [1.29, 1.82) is 0 Å². The maximum absolute atomic E-state index is 12.4. The number of halogens is 2. The molecular weight excluding hydrogens is 357 g/mol. The number of anilines is 1. The van der Waals surface area contributed by atoms with Gasteiger partial charge in [-0.15, -0.1) is 11.3 Å². The average molecular weight is 364 g/mol. The number of imidazole rings is 1. The lowest BCUT2D eigenvalue weighted by molar-refractivity contribution is 0.475. The highest BCUT2D eigenvalue weighted by Gasteiger charge is 2.25. The number of sulfonamides is 1. The highest BCUT2D eigenvalue weighted by Crippen LogP contribution is 2.30. The van der Waals surface area contributed by atoms with E-state index in [0.29, 0.717) is 4.96 Å². The molecule has 0 aliphatic heterocycles. The van der Waals surface area contributed by atoms with Crippen LogP contribution in [-0.2, 0) is 10.0 Å². The molecular formula is C11H7Cl2N3O3S2. The van der Waals surface area contributed by atoms with Crippen LogP contribution in [0.3, 0.4) is 0 Å². The molecule has 3 aromatic rings. The molecule has 6 nitrogen and oxygen atoms in total. The molecule has 3 rings (SSSR count). The fraction of sp³-hybridized carbons (Fsp3) is 0. The number of hydrogen-bond donors (Lipinski definition) is 2. The van der Waals surface area contributed by atoms with E-state index in [1.807, 2.05) is 0 Å². The number of nitrogens with zero attached hydrogens (tertiary/aromatic N) is 2. The van der Waals surface area contributed by atoms with E-state index in [4.69, 9.17) is 23.2 Å². The van der Waals surface area contributed by atoms with Crippen molar-refractivity contribution in [2.45, 2.75) is 5.03 Å². The van der Waals surface area contributed by atoms with E-state index in [-0.39, 0.29) is 26.6 Å². The Balaban J connectivity index is 2.06. The lowest BCUT2D eigenvalue weighted by Gasteiger charge is -2.08. The van der Waals surface area contributed by atoms with Gasteiger partial charge in [-0.05, 0) is 18.2 Å². The Labute approximate surface area is 133 Å². The Kier molecular flexibility index (Phi) is 3.48. The van der Waals surface area contributed by atoms with Gasteiger partial charge < -0.3 is 5.11 Å². The number of thiazole rings is 1. The normalized spacial score (nSPS) is 11.9. The van der Waals surface area contributed by atoms with Gasteiger partial charge in [-0.1, -0.05) is 23.2 Å². The first-order valence-electron chi connectivity index (χ1n) is 5.51. The van der Waals surface area contributed by atoms with Crippen LogP contribution in [0.25, 0.3) is 4.96 Å². The first-order chi connectivity index (χ1) is 9.88. The first kappa shape index (κ1) is 14.5. The number of benzene rings is 1. The summed E-state index contributed by atoms with van der Waals surface area (Å²) in [6, 6.07) is 3.98. The molecule has 1 aromatic carbocycles. The van der Waals surface area contributed by atoms with E-state index in [0.717, 1.165) is 0 Å². The van der Waals surface area contributed by atoms with Crippen molar-refractivity contribution in [3.63, 3.8) is 0 Å². The Morgan fingerprint density at radius 2 is 2.10 bits per heavy atom. The summed E-state index contributed by atoms with van der Waals surface area (Å²) >= 11 is 12.9. The van der Waals surface area contributed by atoms with Crippen LogP contribution in [0.15, 0.2) is 34.8 Å². The number of phenolic OH excluding ortho intramolecular Hbond substituents is 1. The number of hydrogen-bond acceptors (Lipinski definition) is 5. The highest BCUT2D eigenvalue weighted by atomic mass is 35.5. The topological polar surface area (TPSA) is 83.7 Å². The third kappa shape index (κ3) is 2.55. The van der Waals surface area contributed by atoms with Crippen LogP contribution >= 0.6 is 34.5 Å². The zero-order valence-corrected chi connectivity index (χ0v) is 13.3. The number of fused-ring (bicyclic) bond motifs is 1. The zero-order chi connectivity index (χ0) is 15.2. The molecule has 0 spiro atoms. The van der Waals surface area contributed by atoms with Gasteiger partial charge in [0.15, 0.2) is 15.1 Å². The molecule has 0 atom stereocenters. The van der Waals surface area contributed by atoms with Crippen LogP contribution in [0.2, 0.25) is 10.2 Å². The summed E-state index contributed by atoms with van der Waals surface area (Å²) in [4.78, 5) is 4.45. The molecule has 110 valence electrons. The number of nitrogens with one attached hydrogen (secondary N) is 1. The third-order valence-corrected chi connectivity index (χ3v) is 5.47. The maximum Gasteiger partial charge on any atom is 0.281 e. The van der Waals surface area contributed by atoms with Crippen LogP contribution in [0.5, 0.6) is 5.75 Å². The van der Waals surface area contributed by atoms with Crippen LogP contribution in [0.1, 0.15) is 0 Å². The van der Waals surface area contributed by atoms with Gasteiger partial charge in [-0.2, -0.15) is 8.42 Å². The summed E-state index contributed by atoms with van der Waals surface area (Å²) in [6.07, 6.45) is 1.57. The maximum atomic E-state index is 12.4. The predicted molar refractivity (Wildman–Crippen MR) is 82.0 cm³/mol. The number of rotatable bonds is 3. The summed E-state index contributed by atoms with van der Waals surface area (Å²) in [5.74, 6) is -0.137. The van der Waals surface area contributed by atoms with Gasteiger partial charge in [0.25, 0.3) is 10.0 Å². The number of aromatic nitrogens is 2. The van der Waals surface area contributed by atoms with Gasteiger partial charge in [0.2, 0.25) is 0 Å². The van der Waals surface area contributed by atoms with Crippen LogP contribution in [0.4, 0.5) is 5.69 Å². The van der Waals surface area contributed by atoms with Gasteiger partial charge in [0, 0.05) is 11.6 Å². The highest BCUT2D eigenvalue weighted by molar-refractivity contribution is 7.92. The van der Waals surface area contributed by atoms with E-state index in [9.17, 15) is 13.5 Å². The van der Waals surface area contributed by atoms with Crippen molar-refractivity contribution in [2.24, 2.45) is 0 Å². The summed E-state index contributed by atoms with van der Waals surface area (Å²) in [7, 11) is -3.94. The van der Waals surface area contributed by atoms with Gasteiger partial charge in [0.1, 0.15) is 5.75 Å². The lowest BCUT2D eigenvalue weighted by atomic mass is 10.3. The SMILES string of the molecule is O=S(=O)(Nc1ccc(O)c(Cl)c1)c1c(Cl)nc2sccn12. The molecule has 21 heavy (non-hydrogen) atoms. The molecule has 0 aliphatic carbocycles. The predicted octanol–water partition coefficient (Wildman–Crippen LogP) is 3.21. The molecule has 0 bridgehead atoms. The van der Waals surface area contributed by atoms with E-state index in [1.54, 1.807) is 11.6 Å². The van der Waals surface area contributed by atoms with Crippen LogP contribution in [0, 0.1) is 0 Å². The van der Waals surface area contributed by atoms with Crippen molar-refractivity contribution in [1.82, 2.24) is 9.38 Å². The Morgan fingerprint density at radius 3 is 2.81 bits per heavy atom. The first-order valence-corrected chi connectivity index (χ1v) is 8.63. The number of phenols is 1. The van der Waals surface area contributed by atoms with Gasteiger partial charge >= 0.3 is 0 Å². The summed E-state index contributed by atoms with van der Waals surface area (Å²) in [5, 5.41) is 10.8. The molecule has 0 radical (unpaired) electrons. The largest absolute Gasteiger partial charge is 0.506 e. The Bertz CT molecular complexity index is 933. The number of aromatic hydroxyl groups is 1. The molecule has 2 N–H and O–H groups in total. The third-order valence-electron chi connectivity index (χ3n) is 2.63.